The van der Waals surface area contributed by atoms with Crippen molar-refractivity contribution >= 4 is 18.1 Å². The van der Waals surface area contributed by atoms with Gasteiger partial charge in [-0.2, -0.15) is 0 Å². The Hall–Kier alpha value is -2.56. The van der Waals surface area contributed by atoms with Gasteiger partial charge in [-0.1, -0.05) is 12.1 Å². The zero-order valence-electron chi connectivity index (χ0n) is 11.5. The fourth-order valence-electron chi connectivity index (χ4n) is 1.54. The van der Waals surface area contributed by atoms with E-state index in [9.17, 15) is 9.59 Å². The summed E-state index contributed by atoms with van der Waals surface area (Å²) in [7, 11) is 1.29. The molecule has 1 aromatic carbocycles. The molecule has 1 amide bonds. The van der Waals surface area contributed by atoms with Gasteiger partial charge in [0.1, 0.15) is 5.75 Å². The first-order valence-electron chi connectivity index (χ1n) is 6.00. The van der Waals surface area contributed by atoms with Gasteiger partial charge in [0.2, 0.25) is 0 Å². The van der Waals surface area contributed by atoms with Crippen molar-refractivity contribution in [2.75, 3.05) is 7.11 Å². The molecule has 0 saturated heterocycles. The highest BCUT2D eigenvalue weighted by Gasteiger charge is 2.05. The topological polar surface area (TPSA) is 64.6 Å². The van der Waals surface area contributed by atoms with Crippen LogP contribution in [-0.2, 0) is 16.0 Å². The van der Waals surface area contributed by atoms with Gasteiger partial charge in [0.15, 0.2) is 0 Å². The Morgan fingerprint density at radius 2 is 2.15 bits per heavy atom. The fourth-order valence-corrected chi connectivity index (χ4v) is 1.54. The van der Waals surface area contributed by atoms with Crippen molar-refractivity contribution in [1.29, 1.82) is 0 Å². The van der Waals surface area contributed by atoms with Crippen LogP contribution >= 0.6 is 0 Å². The van der Waals surface area contributed by atoms with Crippen molar-refractivity contribution in [1.82, 2.24) is 5.32 Å². The molecule has 1 aromatic rings. The Morgan fingerprint density at radius 3 is 2.75 bits per heavy atom. The lowest BCUT2D eigenvalue weighted by Gasteiger charge is -2.08. The van der Waals surface area contributed by atoms with Crippen molar-refractivity contribution < 1.29 is 19.1 Å². The molecular weight excluding hydrogens is 258 g/mol. The fraction of sp³-hybridized carbons (Fsp3) is 0.200. The van der Waals surface area contributed by atoms with Crippen molar-refractivity contribution in [3.05, 3.63) is 48.2 Å². The van der Waals surface area contributed by atoms with E-state index in [1.54, 1.807) is 24.3 Å². The van der Waals surface area contributed by atoms with Crippen LogP contribution in [0.3, 0.4) is 0 Å². The number of hydrogen-bond donors (Lipinski definition) is 1. The minimum atomic E-state index is -0.538. The van der Waals surface area contributed by atoms with Gasteiger partial charge in [-0.3, -0.25) is 10.1 Å². The Morgan fingerprint density at radius 1 is 1.40 bits per heavy atom. The van der Waals surface area contributed by atoms with Crippen LogP contribution < -0.4 is 10.1 Å². The maximum absolute atomic E-state index is 11.0. The first kappa shape index (κ1) is 15.5. The van der Waals surface area contributed by atoms with Gasteiger partial charge in [-0.25, -0.2) is 4.79 Å². The van der Waals surface area contributed by atoms with E-state index in [0.29, 0.717) is 12.2 Å². The van der Waals surface area contributed by atoms with Crippen LogP contribution in [0, 0.1) is 0 Å². The van der Waals surface area contributed by atoms with E-state index in [1.807, 2.05) is 6.07 Å². The van der Waals surface area contributed by atoms with Crippen LogP contribution in [0.1, 0.15) is 18.1 Å². The Bertz CT molecular complexity index is 535. The monoisotopic (exact) mass is 275 g/mol. The highest BCUT2D eigenvalue weighted by Crippen LogP contribution is 2.22. The second kappa shape index (κ2) is 7.78. The first-order valence-corrected chi connectivity index (χ1v) is 6.00. The summed E-state index contributed by atoms with van der Waals surface area (Å²) in [6, 6.07) is 5.34. The van der Waals surface area contributed by atoms with Gasteiger partial charge in [0.25, 0.3) is 0 Å². The van der Waals surface area contributed by atoms with Gasteiger partial charge in [-0.05, 0) is 35.8 Å². The number of allylic oxidation sites excluding steroid dienone is 1. The summed E-state index contributed by atoms with van der Waals surface area (Å²) in [6.07, 6.45) is 4.95. The van der Waals surface area contributed by atoms with Crippen molar-refractivity contribution in [2.24, 2.45) is 0 Å². The summed E-state index contributed by atoms with van der Waals surface area (Å²) in [6.45, 7) is 5.02. The predicted molar refractivity (Wildman–Crippen MR) is 76.2 cm³/mol. The number of esters is 1. The van der Waals surface area contributed by atoms with E-state index >= 15 is 0 Å². The molecule has 20 heavy (non-hydrogen) atoms. The maximum atomic E-state index is 11.0. The number of carbonyl (C=O) groups is 2. The smallest absolute Gasteiger partial charge is 0.410 e. The third kappa shape index (κ3) is 4.97. The van der Waals surface area contributed by atoms with E-state index in [0.717, 1.165) is 11.1 Å². The van der Waals surface area contributed by atoms with Crippen LogP contribution in [0.2, 0.25) is 0 Å². The molecule has 0 radical (unpaired) electrons. The zero-order valence-corrected chi connectivity index (χ0v) is 11.5. The van der Waals surface area contributed by atoms with Crippen LogP contribution in [-0.4, -0.2) is 19.2 Å². The average Bonchev–Trinajstić information content (AvgIpc) is 2.41. The van der Waals surface area contributed by atoms with Gasteiger partial charge < -0.3 is 9.47 Å². The van der Waals surface area contributed by atoms with Gasteiger partial charge in [0.05, 0.1) is 7.11 Å². The quantitative estimate of drug-likeness (QED) is 0.510. The van der Waals surface area contributed by atoms with Crippen LogP contribution in [0.4, 0.5) is 4.79 Å². The molecule has 5 heteroatoms. The number of carbonyl (C=O) groups excluding carboxylic acids is 2. The summed E-state index contributed by atoms with van der Waals surface area (Å²) < 4.78 is 9.55. The molecule has 0 fully saturated rings. The molecule has 0 aliphatic heterocycles. The summed E-state index contributed by atoms with van der Waals surface area (Å²) in [5.74, 6) is 0.140. The lowest BCUT2D eigenvalue weighted by atomic mass is 10.1. The van der Waals surface area contributed by atoms with E-state index in [1.165, 1.54) is 20.2 Å². The lowest BCUT2D eigenvalue weighted by Crippen LogP contribution is -2.15. The maximum Gasteiger partial charge on any atom is 0.410 e. The molecule has 0 aliphatic rings. The number of hydrogen-bond acceptors (Lipinski definition) is 4. The molecule has 106 valence electrons. The van der Waals surface area contributed by atoms with Crippen LogP contribution in [0.5, 0.6) is 5.75 Å². The number of rotatable bonds is 5. The second-order valence-electron chi connectivity index (χ2n) is 3.92. The summed E-state index contributed by atoms with van der Waals surface area (Å²) in [5.41, 5.74) is 1.70. The predicted octanol–water partition coefficient (Wildman–Crippen LogP) is 2.67. The van der Waals surface area contributed by atoms with Crippen molar-refractivity contribution in [3.63, 3.8) is 0 Å². The number of benzene rings is 1. The highest BCUT2D eigenvalue weighted by atomic mass is 16.5. The third-order valence-corrected chi connectivity index (χ3v) is 2.36. The summed E-state index contributed by atoms with van der Waals surface area (Å²) in [4.78, 5) is 21.9. The second-order valence-corrected chi connectivity index (χ2v) is 3.92. The molecular formula is C15H17NO4. The molecule has 0 bridgehead atoms. The SMILES string of the molecule is C=CCc1cc(C=CNC(=O)OC)ccc1OC(C)=O. The molecule has 0 aromatic heterocycles. The summed E-state index contributed by atoms with van der Waals surface area (Å²) >= 11 is 0. The lowest BCUT2D eigenvalue weighted by molar-refractivity contribution is -0.131. The molecule has 5 nitrogen and oxygen atoms in total. The first-order chi connectivity index (χ1) is 9.56. The highest BCUT2D eigenvalue weighted by molar-refractivity contribution is 5.71. The Kier molecular flexibility index (Phi) is 6.03. The van der Waals surface area contributed by atoms with Crippen LogP contribution in [0.15, 0.2) is 37.1 Å². The minimum Gasteiger partial charge on any atom is -0.453 e. The van der Waals surface area contributed by atoms with Gasteiger partial charge in [-0.15, -0.1) is 6.58 Å². The van der Waals surface area contributed by atoms with Crippen LogP contribution in [0.25, 0.3) is 6.08 Å². The Balaban J connectivity index is 2.89. The molecule has 0 spiro atoms. The molecule has 0 aliphatic carbocycles. The van der Waals surface area contributed by atoms with Gasteiger partial charge in [0, 0.05) is 13.1 Å². The third-order valence-electron chi connectivity index (χ3n) is 2.36. The van der Waals surface area contributed by atoms with Crippen molar-refractivity contribution in [3.8, 4) is 5.75 Å². The number of ether oxygens (including phenoxy) is 2. The zero-order chi connectivity index (χ0) is 15.0. The van der Waals surface area contributed by atoms with Gasteiger partial charge >= 0.3 is 12.1 Å². The largest absolute Gasteiger partial charge is 0.453 e. The number of methoxy groups -OCH3 is 1. The molecule has 0 saturated carbocycles. The summed E-state index contributed by atoms with van der Waals surface area (Å²) in [5, 5.41) is 2.43. The van der Waals surface area contributed by atoms with Crippen molar-refractivity contribution in [2.45, 2.75) is 13.3 Å². The standard InChI is InChI=1S/C15H17NO4/c1-4-5-13-10-12(8-9-16-15(18)19-3)6-7-14(13)20-11(2)17/h4,6-10H,1,5H2,2-3H3,(H,16,18). The number of amides is 1. The molecule has 0 atom stereocenters. The van der Waals surface area contributed by atoms with E-state index < -0.39 is 6.09 Å². The molecule has 1 N–H and O–H groups in total. The molecule has 0 heterocycles. The average molecular weight is 275 g/mol. The number of nitrogens with one attached hydrogen (secondary N) is 1. The molecule has 1 rings (SSSR count). The minimum absolute atomic E-state index is 0.369. The Labute approximate surface area is 117 Å². The molecule has 0 unspecified atom stereocenters. The van der Waals surface area contributed by atoms with E-state index in [2.05, 4.69) is 16.6 Å². The normalized spacial score (nSPS) is 10.1. The van der Waals surface area contributed by atoms with E-state index in [4.69, 9.17) is 4.74 Å². The number of alkyl carbamates (subject to hydrolysis) is 1. The van der Waals surface area contributed by atoms with E-state index in [-0.39, 0.29) is 5.97 Å².